The van der Waals surface area contributed by atoms with Crippen LogP contribution in [0.4, 0.5) is 21.9 Å². The third-order valence-electron chi connectivity index (χ3n) is 5.24. The molecule has 7 nitrogen and oxygen atoms in total. The molecule has 0 unspecified atom stereocenters. The Bertz CT molecular complexity index is 1320. The van der Waals surface area contributed by atoms with Gasteiger partial charge in [-0.15, -0.1) is 0 Å². The summed E-state index contributed by atoms with van der Waals surface area (Å²) < 4.78 is 6.29. The molecule has 160 valence electrons. The number of fused-ring (bicyclic) bond motifs is 2. The van der Waals surface area contributed by atoms with Gasteiger partial charge in [-0.3, -0.25) is 4.79 Å². The van der Waals surface area contributed by atoms with Gasteiger partial charge in [-0.1, -0.05) is 36.4 Å². The standard InChI is InChI=1S/C24H19BrN4O3/c25-18-11-21-22(32-14-23(30)29(21)13-15-4-2-1-3-5-15)12-20(18)28-24(31)27-17-7-6-16-8-9-26-19(16)10-17/h1-12,26H,13-14H2,(H2,27,28,31). The molecule has 1 aliphatic heterocycles. The Kier molecular flexibility index (Phi) is 5.28. The Morgan fingerprint density at radius 3 is 2.75 bits per heavy atom. The van der Waals surface area contributed by atoms with Gasteiger partial charge in [0.1, 0.15) is 5.75 Å². The second kappa shape index (κ2) is 8.39. The van der Waals surface area contributed by atoms with E-state index in [0.29, 0.717) is 33.8 Å². The Labute approximate surface area is 192 Å². The van der Waals surface area contributed by atoms with Crippen molar-refractivity contribution in [3.63, 3.8) is 0 Å². The number of rotatable bonds is 4. The molecule has 3 N–H and O–H groups in total. The molecular weight excluding hydrogens is 472 g/mol. The number of aromatic amines is 1. The largest absolute Gasteiger partial charge is 0.481 e. The number of anilines is 3. The third-order valence-corrected chi connectivity index (χ3v) is 5.89. The van der Waals surface area contributed by atoms with E-state index in [0.717, 1.165) is 16.5 Å². The summed E-state index contributed by atoms with van der Waals surface area (Å²) in [5.74, 6) is 0.415. The highest BCUT2D eigenvalue weighted by Crippen LogP contribution is 2.40. The van der Waals surface area contributed by atoms with Gasteiger partial charge in [0.25, 0.3) is 5.91 Å². The number of ether oxygens (including phenoxy) is 1. The lowest BCUT2D eigenvalue weighted by atomic mass is 10.1. The first-order valence-corrected chi connectivity index (χ1v) is 10.8. The van der Waals surface area contributed by atoms with Gasteiger partial charge in [-0.2, -0.15) is 0 Å². The van der Waals surface area contributed by atoms with Crippen molar-refractivity contribution in [3.05, 3.63) is 83.0 Å². The maximum atomic E-state index is 12.6. The van der Waals surface area contributed by atoms with E-state index in [9.17, 15) is 9.59 Å². The summed E-state index contributed by atoms with van der Waals surface area (Å²) in [5.41, 5.74) is 3.82. The van der Waals surface area contributed by atoms with Crippen molar-refractivity contribution in [1.29, 1.82) is 0 Å². The zero-order valence-electron chi connectivity index (χ0n) is 16.9. The molecule has 1 aliphatic rings. The summed E-state index contributed by atoms with van der Waals surface area (Å²) in [6, 6.07) is 20.5. The number of nitrogens with one attached hydrogen (secondary N) is 3. The molecule has 0 saturated carbocycles. The molecule has 4 aromatic rings. The molecular formula is C24H19BrN4O3. The van der Waals surface area contributed by atoms with Crippen molar-refractivity contribution >= 4 is 55.8 Å². The van der Waals surface area contributed by atoms with Crippen LogP contribution < -0.4 is 20.3 Å². The molecule has 0 atom stereocenters. The molecule has 2 heterocycles. The number of amides is 3. The summed E-state index contributed by atoms with van der Waals surface area (Å²) in [7, 11) is 0. The van der Waals surface area contributed by atoms with E-state index in [4.69, 9.17) is 4.74 Å². The average molecular weight is 491 g/mol. The van der Waals surface area contributed by atoms with E-state index in [1.165, 1.54) is 0 Å². The summed E-state index contributed by atoms with van der Waals surface area (Å²) in [6.07, 6.45) is 1.85. The molecule has 0 fully saturated rings. The van der Waals surface area contributed by atoms with Crippen molar-refractivity contribution in [3.8, 4) is 5.75 Å². The van der Waals surface area contributed by atoms with E-state index >= 15 is 0 Å². The van der Waals surface area contributed by atoms with Crippen LogP contribution in [-0.2, 0) is 11.3 Å². The number of nitrogens with zero attached hydrogens (tertiary/aromatic N) is 1. The lowest BCUT2D eigenvalue weighted by Crippen LogP contribution is -2.38. The summed E-state index contributed by atoms with van der Waals surface area (Å²) in [5, 5.41) is 6.74. The lowest BCUT2D eigenvalue weighted by Gasteiger charge is -2.30. The Morgan fingerprint density at radius 1 is 1.06 bits per heavy atom. The van der Waals surface area contributed by atoms with Gasteiger partial charge in [0.15, 0.2) is 6.61 Å². The van der Waals surface area contributed by atoms with Gasteiger partial charge in [-0.05, 0) is 51.1 Å². The molecule has 1 aromatic heterocycles. The van der Waals surface area contributed by atoms with Gasteiger partial charge in [-0.25, -0.2) is 4.79 Å². The summed E-state index contributed by atoms with van der Waals surface area (Å²) in [6.45, 7) is 0.389. The molecule has 8 heteroatoms. The molecule has 3 amide bonds. The number of hydrogen-bond acceptors (Lipinski definition) is 3. The van der Waals surface area contributed by atoms with Crippen molar-refractivity contribution < 1.29 is 14.3 Å². The predicted octanol–water partition coefficient (Wildman–Crippen LogP) is 5.50. The van der Waals surface area contributed by atoms with Crippen molar-refractivity contribution in [2.45, 2.75) is 6.54 Å². The number of carbonyl (C=O) groups is 2. The zero-order valence-corrected chi connectivity index (χ0v) is 18.5. The minimum absolute atomic E-state index is 0.0523. The maximum Gasteiger partial charge on any atom is 0.323 e. The van der Waals surface area contributed by atoms with E-state index in [1.807, 2.05) is 60.8 Å². The summed E-state index contributed by atoms with van der Waals surface area (Å²) in [4.78, 5) is 29.9. The number of halogens is 1. The monoisotopic (exact) mass is 490 g/mol. The molecule has 0 radical (unpaired) electrons. The van der Waals surface area contributed by atoms with Gasteiger partial charge >= 0.3 is 6.03 Å². The fourth-order valence-electron chi connectivity index (χ4n) is 3.67. The van der Waals surface area contributed by atoms with E-state index in [1.54, 1.807) is 17.0 Å². The van der Waals surface area contributed by atoms with Crippen molar-refractivity contribution in [1.82, 2.24) is 4.98 Å². The fourth-order valence-corrected chi connectivity index (χ4v) is 4.10. The molecule has 0 aliphatic carbocycles. The quantitative estimate of drug-likeness (QED) is 0.353. The smallest absolute Gasteiger partial charge is 0.323 e. The van der Waals surface area contributed by atoms with Crippen LogP contribution in [0.2, 0.25) is 0 Å². The first kappa shape index (κ1) is 20.1. The van der Waals surface area contributed by atoms with Crippen LogP contribution in [0, 0.1) is 0 Å². The minimum Gasteiger partial charge on any atom is -0.481 e. The van der Waals surface area contributed by atoms with Gasteiger partial charge < -0.3 is 25.3 Å². The molecule has 3 aromatic carbocycles. The number of aromatic nitrogens is 1. The van der Waals surface area contributed by atoms with E-state index < -0.39 is 0 Å². The molecule has 0 saturated heterocycles. The highest BCUT2D eigenvalue weighted by atomic mass is 79.9. The van der Waals surface area contributed by atoms with Crippen molar-refractivity contribution in [2.24, 2.45) is 0 Å². The maximum absolute atomic E-state index is 12.6. The third kappa shape index (κ3) is 4.04. The number of benzene rings is 3. The average Bonchev–Trinajstić information content (AvgIpc) is 3.25. The number of carbonyl (C=O) groups excluding carboxylic acids is 2. The SMILES string of the molecule is O=C(Nc1ccc2cc[nH]c2c1)Nc1cc2c(cc1Br)N(Cc1ccccc1)C(=O)CO2. The van der Waals surface area contributed by atoms with Crippen LogP contribution in [0.25, 0.3) is 10.9 Å². The second-order valence-corrected chi connectivity index (χ2v) is 8.27. The zero-order chi connectivity index (χ0) is 22.1. The van der Waals surface area contributed by atoms with Crippen molar-refractivity contribution in [2.75, 3.05) is 22.1 Å². The first-order valence-electron chi connectivity index (χ1n) is 10.0. The Balaban J connectivity index is 1.35. The second-order valence-electron chi connectivity index (χ2n) is 7.41. The van der Waals surface area contributed by atoms with E-state index in [2.05, 4.69) is 31.5 Å². The first-order chi connectivity index (χ1) is 15.6. The van der Waals surface area contributed by atoms with Crippen LogP contribution in [0.3, 0.4) is 0 Å². The number of urea groups is 1. The van der Waals surface area contributed by atoms with Crippen LogP contribution in [-0.4, -0.2) is 23.5 Å². The molecule has 32 heavy (non-hydrogen) atoms. The lowest BCUT2D eigenvalue weighted by molar-refractivity contribution is -0.121. The highest BCUT2D eigenvalue weighted by molar-refractivity contribution is 9.10. The Morgan fingerprint density at radius 2 is 1.91 bits per heavy atom. The van der Waals surface area contributed by atoms with E-state index in [-0.39, 0.29) is 18.5 Å². The van der Waals surface area contributed by atoms with Crippen LogP contribution in [0.1, 0.15) is 5.56 Å². The molecule has 0 bridgehead atoms. The minimum atomic E-state index is -0.385. The fraction of sp³-hybridized carbons (Fsp3) is 0.0833. The topological polar surface area (TPSA) is 86.5 Å². The van der Waals surface area contributed by atoms with Crippen LogP contribution in [0.5, 0.6) is 5.75 Å². The predicted molar refractivity (Wildman–Crippen MR) is 128 cm³/mol. The molecule has 5 rings (SSSR count). The van der Waals surface area contributed by atoms with Crippen LogP contribution >= 0.6 is 15.9 Å². The van der Waals surface area contributed by atoms with Gasteiger partial charge in [0.05, 0.1) is 17.9 Å². The number of H-pyrrole nitrogens is 1. The van der Waals surface area contributed by atoms with Gasteiger partial charge in [0, 0.05) is 27.9 Å². The Hall–Kier alpha value is -3.78. The normalized spacial score (nSPS) is 12.9. The number of hydrogen-bond donors (Lipinski definition) is 3. The highest BCUT2D eigenvalue weighted by Gasteiger charge is 2.27. The summed E-state index contributed by atoms with van der Waals surface area (Å²) >= 11 is 3.51. The van der Waals surface area contributed by atoms with Gasteiger partial charge in [0.2, 0.25) is 0 Å². The molecule has 0 spiro atoms. The van der Waals surface area contributed by atoms with Crippen LogP contribution in [0.15, 0.2) is 77.4 Å².